The molecule has 0 amide bonds. The number of hydrogen-bond donors (Lipinski definition) is 1. The van der Waals surface area contributed by atoms with Crippen LogP contribution in [0.1, 0.15) is 51.8 Å². The van der Waals surface area contributed by atoms with Gasteiger partial charge in [-0.1, -0.05) is 20.8 Å². The van der Waals surface area contributed by atoms with Gasteiger partial charge in [0, 0.05) is 25.6 Å². The van der Waals surface area contributed by atoms with Crippen molar-refractivity contribution in [3.63, 3.8) is 0 Å². The molecule has 2 rings (SSSR count). The highest BCUT2D eigenvalue weighted by Gasteiger charge is 2.18. The van der Waals surface area contributed by atoms with Crippen LogP contribution in [0.2, 0.25) is 0 Å². The minimum absolute atomic E-state index is 0.330. The first kappa shape index (κ1) is 13.1. The third kappa shape index (κ3) is 3.09. The molecule has 0 aromatic carbocycles. The Labute approximate surface area is 109 Å². The molecule has 0 spiro atoms. The van der Waals surface area contributed by atoms with Crippen molar-refractivity contribution in [2.45, 2.75) is 46.0 Å². The van der Waals surface area contributed by atoms with Gasteiger partial charge in [0.15, 0.2) is 0 Å². The van der Waals surface area contributed by atoms with E-state index in [9.17, 15) is 0 Å². The van der Waals surface area contributed by atoms with E-state index in [0.29, 0.717) is 5.92 Å². The van der Waals surface area contributed by atoms with Crippen LogP contribution in [-0.4, -0.2) is 34.6 Å². The maximum atomic E-state index is 4.59. The van der Waals surface area contributed by atoms with Gasteiger partial charge in [-0.05, 0) is 19.3 Å². The summed E-state index contributed by atoms with van der Waals surface area (Å²) in [6, 6.07) is 0. The molecule has 0 saturated carbocycles. The highest BCUT2D eigenvalue weighted by atomic mass is 15.3. The first-order chi connectivity index (χ1) is 8.70. The van der Waals surface area contributed by atoms with Gasteiger partial charge in [-0.2, -0.15) is 15.0 Å². The van der Waals surface area contributed by atoms with Gasteiger partial charge in [-0.3, -0.25) is 0 Å². The van der Waals surface area contributed by atoms with Gasteiger partial charge in [0.05, 0.1) is 0 Å². The largest absolute Gasteiger partial charge is 0.354 e. The van der Waals surface area contributed by atoms with Gasteiger partial charge in [-0.25, -0.2) is 0 Å². The van der Waals surface area contributed by atoms with E-state index in [1.807, 2.05) is 0 Å². The fourth-order valence-electron chi connectivity index (χ4n) is 2.01. The Bertz CT molecular complexity index is 385. The lowest BCUT2D eigenvalue weighted by Gasteiger charge is -2.17. The number of nitrogens with zero attached hydrogens (tertiary/aromatic N) is 4. The highest BCUT2D eigenvalue weighted by Crippen LogP contribution is 2.19. The average Bonchev–Trinajstić information content (AvgIpc) is 2.89. The highest BCUT2D eigenvalue weighted by molar-refractivity contribution is 5.38. The minimum Gasteiger partial charge on any atom is -0.354 e. The summed E-state index contributed by atoms with van der Waals surface area (Å²) in [6.45, 7) is 9.41. The predicted octanol–water partition coefficient (Wildman–Crippen LogP) is 2.42. The number of anilines is 2. The fraction of sp³-hybridized carbons (Fsp3) is 0.769. The predicted molar refractivity (Wildman–Crippen MR) is 74.1 cm³/mol. The van der Waals surface area contributed by atoms with E-state index < -0.39 is 0 Å². The average molecular weight is 249 g/mol. The molecule has 0 atom stereocenters. The van der Waals surface area contributed by atoms with Crippen molar-refractivity contribution in [1.29, 1.82) is 0 Å². The molecule has 5 nitrogen and oxygen atoms in total. The van der Waals surface area contributed by atoms with Crippen LogP contribution in [0, 0.1) is 0 Å². The molecule has 1 fully saturated rings. The molecule has 1 aromatic rings. The second kappa shape index (κ2) is 5.98. The molecule has 1 aliphatic rings. The maximum absolute atomic E-state index is 4.59. The molecule has 100 valence electrons. The molecule has 1 N–H and O–H groups in total. The SMILES string of the molecule is CCCNc1nc(C(C)C)nc(N2CCCC2)n1. The van der Waals surface area contributed by atoms with Crippen LogP contribution in [0.4, 0.5) is 11.9 Å². The molecule has 0 radical (unpaired) electrons. The van der Waals surface area contributed by atoms with E-state index in [1.165, 1.54) is 12.8 Å². The van der Waals surface area contributed by atoms with E-state index in [-0.39, 0.29) is 0 Å². The molecule has 1 saturated heterocycles. The van der Waals surface area contributed by atoms with Crippen LogP contribution in [0.25, 0.3) is 0 Å². The van der Waals surface area contributed by atoms with Crippen molar-refractivity contribution in [3.05, 3.63) is 5.82 Å². The zero-order valence-electron chi connectivity index (χ0n) is 11.6. The molecule has 1 aromatic heterocycles. The lowest BCUT2D eigenvalue weighted by Crippen LogP contribution is -2.22. The number of hydrogen-bond acceptors (Lipinski definition) is 5. The van der Waals surface area contributed by atoms with Gasteiger partial charge in [0.2, 0.25) is 11.9 Å². The monoisotopic (exact) mass is 249 g/mol. The van der Waals surface area contributed by atoms with Crippen molar-refractivity contribution in [2.24, 2.45) is 0 Å². The summed E-state index contributed by atoms with van der Waals surface area (Å²) in [5.41, 5.74) is 0. The van der Waals surface area contributed by atoms with Crippen LogP contribution in [-0.2, 0) is 0 Å². The Morgan fingerprint density at radius 2 is 1.89 bits per heavy atom. The molecule has 0 bridgehead atoms. The Morgan fingerprint density at radius 3 is 2.50 bits per heavy atom. The molecule has 0 unspecified atom stereocenters. The van der Waals surface area contributed by atoms with E-state index in [1.54, 1.807) is 0 Å². The Kier molecular flexibility index (Phi) is 4.33. The summed E-state index contributed by atoms with van der Waals surface area (Å²) in [5.74, 6) is 2.77. The second-order valence-corrected chi connectivity index (χ2v) is 5.09. The van der Waals surface area contributed by atoms with E-state index >= 15 is 0 Å². The standard InChI is InChI=1S/C13H23N5/c1-4-7-14-12-15-11(10(2)3)16-13(17-12)18-8-5-6-9-18/h10H,4-9H2,1-3H3,(H,14,15,16,17). The summed E-state index contributed by atoms with van der Waals surface area (Å²) < 4.78 is 0. The lowest BCUT2D eigenvalue weighted by molar-refractivity contribution is 0.745. The topological polar surface area (TPSA) is 53.9 Å². The lowest BCUT2D eigenvalue weighted by atomic mass is 10.2. The molecular weight excluding hydrogens is 226 g/mol. The van der Waals surface area contributed by atoms with Gasteiger partial charge in [-0.15, -0.1) is 0 Å². The van der Waals surface area contributed by atoms with E-state index in [0.717, 1.165) is 43.8 Å². The third-order valence-electron chi connectivity index (χ3n) is 3.08. The first-order valence-electron chi connectivity index (χ1n) is 6.95. The summed E-state index contributed by atoms with van der Waals surface area (Å²) in [7, 11) is 0. The Morgan fingerprint density at radius 1 is 1.17 bits per heavy atom. The van der Waals surface area contributed by atoms with Crippen LogP contribution in [0.3, 0.4) is 0 Å². The number of aromatic nitrogens is 3. The zero-order valence-corrected chi connectivity index (χ0v) is 11.6. The summed E-state index contributed by atoms with van der Waals surface area (Å²) in [5, 5.41) is 3.26. The van der Waals surface area contributed by atoms with Crippen molar-refractivity contribution in [2.75, 3.05) is 29.9 Å². The van der Waals surface area contributed by atoms with Crippen molar-refractivity contribution in [1.82, 2.24) is 15.0 Å². The quantitative estimate of drug-likeness (QED) is 0.868. The molecule has 0 aliphatic carbocycles. The number of rotatable bonds is 5. The second-order valence-electron chi connectivity index (χ2n) is 5.09. The van der Waals surface area contributed by atoms with Crippen molar-refractivity contribution in [3.8, 4) is 0 Å². The van der Waals surface area contributed by atoms with E-state index in [4.69, 9.17) is 0 Å². The minimum atomic E-state index is 0.330. The fourth-order valence-corrected chi connectivity index (χ4v) is 2.01. The van der Waals surface area contributed by atoms with Crippen LogP contribution >= 0.6 is 0 Å². The van der Waals surface area contributed by atoms with Crippen molar-refractivity contribution < 1.29 is 0 Å². The van der Waals surface area contributed by atoms with Gasteiger partial charge >= 0.3 is 0 Å². The Balaban J connectivity index is 2.23. The molecular formula is C13H23N5. The number of nitrogens with one attached hydrogen (secondary N) is 1. The molecule has 5 heteroatoms. The normalized spacial score (nSPS) is 15.4. The summed E-state index contributed by atoms with van der Waals surface area (Å²) >= 11 is 0. The third-order valence-corrected chi connectivity index (χ3v) is 3.08. The first-order valence-corrected chi connectivity index (χ1v) is 6.95. The zero-order chi connectivity index (χ0) is 13.0. The van der Waals surface area contributed by atoms with Gasteiger partial charge in [0.1, 0.15) is 5.82 Å². The summed E-state index contributed by atoms with van der Waals surface area (Å²) in [6.07, 6.45) is 3.54. The van der Waals surface area contributed by atoms with Crippen LogP contribution in [0.15, 0.2) is 0 Å². The van der Waals surface area contributed by atoms with Gasteiger partial charge < -0.3 is 10.2 Å². The molecule has 18 heavy (non-hydrogen) atoms. The maximum Gasteiger partial charge on any atom is 0.230 e. The van der Waals surface area contributed by atoms with Crippen LogP contribution in [0.5, 0.6) is 0 Å². The van der Waals surface area contributed by atoms with Gasteiger partial charge in [0.25, 0.3) is 0 Å². The Hall–Kier alpha value is -1.39. The van der Waals surface area contributed by atoms with Crippen molar-refractivity contribution >= 4 is 11.9 Å². The molecule has 1 aliphatic heterocycles. The van der Waals surface area contributed by atoms with E-state index in [2.05, 4.69) is 45.9 Å². The molecule has 2 heterocycles. The summed E-state index contributed by atoms with van der Waals surface area (Å²) in [4.78, 5) is 15.9. The smallest absolute Gasteiger partial charge is 0.230 e. The van der Waals surface area contributed by atoms with Crippen LogP contribution < -0.4 is 10.2 Å².